The summed E-state index contributed by atoms with van der Waals surface area (Å²) >= 11 is 2.82. The molecule has 0 unspecified atom stereocenters. The van der Waals surface area contributed by atoms with Crippen LogP contribution in [-0.4, -0.2) is 6.29 Å². The van der Waals surface area contributed by atoms with Crippen molar-refractivity contribution in [2.24, 2.45) is 0 Å². The summed E-state index contributed by atoms with van der Waals surface area (Å²) in [6, 6.07) is 1.89. The number of carbonyl (C=O) groups is 1. The Balaban J connectivity index is 3.23. The molecule has 0 aromatic heterocycles. The largest absolute Gasteiger partial charge is 0.289 e. The molecule has 0 N–H and O–H groups in total. The first-order valence-corrected chi connectivity index (χ1v) is 4.04. The Morgan fingerprint density at radius 2 is 2.00 bits per heavy atom. The van der Waals surface area contributed by atoms with Gasteiger partial charge in [-0.3, -0.25) is 4.79 Å². The molecule has 0 radical (unpaired) electrons. The molecule has 0 aliphatic rings. The highest BCUT2D eigenvalue weighted by atomic mass is 79.9. The topological polar surface area (TPSA) is 17.1 Å². The molecule has 0 fully saturated rings. The highest BCUT2D eigenvalue weighted by Gasteiger charge is 2.05. The summed E-state index contributed by atoms with van der Waals surface area (Å²) in [6.07, 6.45) is 0.319. The molecule has 0 aliphatic carbocycles. The molecule has 1 rings (SSSR count). The van der Waals surface area contributed by atoms with Crippen LogP contribution in [0.25, 0.3) is 0 Å². The average molecular weight is 245 g/mol. The smallest absolute Gasteiger partial charge is 0.193 e. The summed E-state index contributed by atoms with van der Waals surface area (Å²) in [5, 5.41) is 0. The van der Waals surface area contributed by atoms with Gasteiger partial charge in [0.25, 0.3) is 0 Å². The van der Waals surface area contributed by atoms with Gasteiger partial charge in [0, 0.05) is 0 Å². The van der Waals surface area contributed by atoms with Crippen molar-refractivity contribution < 1.29 is 13.6 Å². The SMILES string of the molecule is O=CC#Cc1cc(F)c(Br)cc1F. The van der Waals surface area contributed by atoms with Crippen LogP contribution in [0.4, 0.5) is 8.78 Å². The summed E-state index contributed by atoms with van der Waals surface area (Å²) in [5.41, 5.74) is -0.132. The Labute approximate surface area is 81.9 Å². The van der Waals surface area contributed by atoms with E-state index in [9.17, 15) is 13.6 Å². The minimum absolute atomic E-state index is 0.0293. The lowest BCUT2D eigenvalue weighted by Gasteiger charge is -1.96. The van der Waals surface area contributed by atoms with Crippen LogP contribution in [0.15, 0.2) is 16.6 Å². The molecule has 0 bridgehead atoms. The Kier molecular flexibility index (Phi) is 3.15. The van der Waals surface area contributed by atoms with Gasteiger partial charge in [0.05, 0.1) is 10.0 Å². The lowest BCUT2D eigenvalue weighted by atomic mass is 10.2. The summed E-state index contributed by atoms with van der Waals surface area (Å²) in [5.74, 6) is 2.90. The van der Waals surface area contributed by atoms with E-state index in [2.05, 4.69) is 21.9 Å². The van der Waals surface area contributed by atoms with E-state index in [4.69, 9.17) is 0 Å². The number of aldehydes is 1. The van der Waals surface area contributed by atoms with Crippen molar-refractivity contribution in [1.29, 1.82) is 0 Å². The first-order chi connectivity index (χ1) is 6.15. The van der Waals surface area contributed by atoms with E-state index in [1.807, 2.05) is 5.92 Å². The fourth-order valence-electron chi connectivity index (χ4n) is 0.726. The van der Waals surface area contributed by atoms with Crippen molar-refractivity contribution >= 4 is 22.2 Å². The van der Waals surface area contributed by atoms with Crippen molar-refractivity contribution in [2.45, 2.75) is 0 Å². The van der Waals surface area contributed by atoms with Crippen LogP contribution in [0.5, 0.6) is 0 Å². The maximum absolute atomic E-state index is 12.9. The second-order valence-electron chi connectivity index (χ2n) is 2.13. The molecule has 66 valence electrons. The van der Waals surface area contributed by atoms with Gasteiger partial charge < -0.3 is 0 Å². The van der Waals surface area contributed by atoms with Gasteiger partial charge >= 0.3 is 0 Å². The summed E-state index contributed by atoms with van der Waals surface area (Å²) in [6.45, 7) is 0. The lowest BCUT2D eigenvalue weighted by molar-refractivity contribution is -0.103. The van der Waals surface area contributed by atoms with Crippen LogP contribution in [0, 0.1) is 23.5 Å². The molecule has 0 heterocycles. The Hall–Kier alpha value is -1.21. The van der Waals surface area contributed by atoms with Crippen LogP contribution in [0.1, 0.15) is 5.56 Å². The highest BCUT2D eigenvalue weighted by Crippen LogP contribution is 2.18. The van der Waals surface area contributed by atoms with E-state index >= 15 is 0 Å². The van der Waals surface area contributed by atoms with Gasteiger partial charge in [-0.2, -0.15) is 0 Å². The molecule has 0 atom stereocenters. The van der Waals surface area contributed by atoms with E-state index in [0.29, 0.717) is 6.29 Å². The quantitative estimate of drug-likeness (QED) is 0.389. The second-order valence-corrected chi connectivity index (χ2v) is 2.99. The van der Waals surface area contributed by atoms with Crippen LogP contribution < -0.4 is 0 Å². The van der Waals surface area contributed by atoms with Crippen molar-refractivity contribution in [3.63, 3.8) is 0 Å². The van der Waals surface area contributed by atoms with Crippen molar-refractivity contribution in [1.82, 2.24) is 0 Å². The van der Waals surface area contributed by atoms with Gasteiger partial charge in [0.2, 0.25) is 0 Å². The third-order valence-corrected chi connectivity index (χ3v) is 1.88. The normalized spacial score (nSPS) is 8.85. The van der Waals surface area contributed by atoms with Crippen LogP contribution in [-0.2, 0) is 4.79 Å². The molecular weight excluding hydrogens is 242 g/mol. The van der Waals surface area contributed by atoms with Gasteiger partial charge in [-0.1, -0.05) is 5.92 Å². The molecule has 0 amide bonds. The molecule has 13 heavy (non-hydrogen) atoms. The monoisotopic (exact) mass is 244 g/mol. The lowest BCUT2D eigenvalue weighted by Crippen LogP contribution is -1.87. The minimum Gasteiger partial charge on any atom is -0.289 e. The Bertz CT molecular complexity index is 404. The summed E-state index contributed by atoms with van der Waals surface area (Å²) < 4.78 is 25.8. The molecule has 0 saturated heterocycles. The summed E-state index contributed by atoms with van der Waals surface area (Å²) in [4.78, 5) is 9.84. The molecule has 0 saturated carbocycles. The van der Waals surface area contributed by atoms with E-state index in [-0.39, 0.29) is 10.0 Å². The first-order valence-electron chi connectivity index (χ1n) is 3.25. The number of carbonyl (C=O) groups excluding carboxylic acids is 1. The predicted molar refractivity (Wildman–Crippen MR) is 47.0 cm³/mol. The maximum atomic E-state index is 12.9. The number of halogens is 3. The second kappa shape index (κ2) is 4.15. The zero-order chi connectivity index (χ0) is 9.84. The minimum atomic E-state index is -0.664. The third kappa shape index (κ3) is 2.36. The molecular formula is C9H3BrF2O. The standard InChI is InChI=1S/C9H3BrF2O/c10-7-5-8(11)6(2-1-3-13)4-9(7)12/h3-5H. The average Bonchev–Trinajstić information content (AvgIpc) is 2.09. The van der Waals surface area contributed by atoms with Crippen molar-refractivity contribution in [2.75, 3.05) is 0 Å². The van der Waals surface area contributed by atoms with E-state index < -0.39 is 11.6 Å². The number of hydrogen-bond acceptors (Lipinski definition) is 1. The molecule has 1 aromatic carbocycles. The van der Waals surface area contributed by atoms with Crippen molar-refractivity contribution in [3.05, 3.63) is 33.8 Å². The van der Waals surface area contributed by atoms with Gasteiger partial charge in [0.15, 0.2) is 6.29 Å². The Morgan fingerprint density at radius 1 is 1.31 bits per heavy atom. The molecule has 0 spiro atoms. The fraction of sp³-hybridized carbons (Fsp3) is 0. The molecule has 1 nitrogen and oxygen atoms in total. The summed E-state index contributed by atoms with van der Waals surface area (Å²) in [7, 11) is 0. The van der Waals surface area contributed by atoms with Crippen LogP contribution >= 0.6 is 15.9 Å². The van der Waals surface area contributed by atoms with E-state index in [1.54, 1.807) is 0 Å². The molecule has 4 heteroatoms. The van der Waals surface area contributed by atoms with Crippen LogP contribution in [0.3, 0.4) is 0 Å². The van der Waals surface area contributed by atoms with E-state index in [0.717, 1.165) is 12.1 Å². The van der Waals surface area contributed by atoms with Crippen LogP contribution in [0.2, 0.25) is 0 Å². The van der Waals surface area contributed by atoms with E-state index in [1.165, 1.54) is 0 Å². The number of rotatable bonds is 0. The van der Waals surface area contributed by atoms with Gasteiger partial charge in [0.1, 0.15) is 11.6 Å². The molecule has 1 aromatic rings. The highest BCUT2D eigenvalue weighted by molar-refractivity contribution is 9.10. The first kappa shape index (κ1) is 9.87. The van der Waals surface area contributed by atoms with Gasteiger partial charge in [-0.25, -0.2) is 8.78 Å². The molecule has 0 aliphatic heterocycles. The van der Waals surface area contributed by atoms with Crippen molar-refractivity contribution in [3.8, 4) is 11.8 Å². The zero-order valence-corrected chi connectivity index (χ0v) is 7.86. The maximum Gasteiger partial charge on any atom is 0.193 e. The predicted octanol–water partition coefficient (Wildman–Crippen LogP) is 2.28. The zero-order valence-electron chi connectivity index (χ0n) is 6.27. The Morgan fingerprint density at radius 3 is 2.62 bits per heavy atom. The number of hydrogen-bond donors (Lipinski definition) is 0. The van der Waals surface area contributed by atoms with Gasteiger partial charge in [-0.15, -0.1) is 0 Å². The van der Waals surface area contributed by atoms with Gasteiger partial charge in [-0.05, 0) is 34.0 Å². The fourth-order valence-corrected chi connectivity index (χ4v) is 1.04. The number of benzene rings is 1. The third-order valence-electron chi connectivity index (χ3n) is 1.28.